The minimum absolute atomic E-state index is 0.0929. The standard InChI is InChI=1S/C18H27NO2S/c1-17(2)14-18(10-12-21-17,15-7-5-4-6-8-15)9-11-19-16(20)13-22-3/h4-8H,9-14H2,1-3H3,(H,19,20). The molecule has 1 amide bonds. The highest BCUT2D eigenvalue weighted by Gasteiger charge is 2.41. The molecule has 0 spiro atoms. The van der Waals surface area contributed by atoms with Crippen LogP contribution < -0.4 is 5.32 Å². The van der Waals surface area contributed by atoms with E-state index >= 15 is 0 Å². The van der Waals surface area contributed by atoms with Gasteiger partial charge in [0.15, 0.2) is 0 Å². The predicted octanol–water partition coefficient (Wildman–Crippen LogP) is 3.38. The highest BCUT2D eigenvalue weighted by Crippen LogP contribution is 2.43. The van der Waals surface area contributed by atoms with Gasteiger partial charge in [0.1, 0.15) is 0 Å². The summed E-state index contributed by atoms with van der Waals surface area (Å²) in [7, 11) is 0. The van der Waals surface area contributed by atoms with Gasteiger partial charge in [0.25, 0.3) is 0 Å². The fourth-order valence-corrected chi connectivity index (χ4v) is 3.86. The molecule has 1 unspecified atom stereocenters. The van der Waals surface area contributed by atoms with Crippen LogP contribution in [0.25, 0.3) is 0 Å². The highest BCUT2D eigenvalue weighted by molar-refractivity contribution is 7.99. The van der Waals surface area contributed by atoms with Crippen molar-refractivity contribution in [1.82, 2.24) is 5.32 Å². The van der Waals surface area contributed by atoms with Crippen molar-refractivity contribution in [3.8, 4) is 0 Å². The smallest absolute Gasteiger partial charge is 0.229 e. The summed E-state index contributed by atoms with van der Waals surface area (Å²) in [4.78, 5) is 11.7. The van der Waals surface area contributed by atoms with Crippen molar-refractivity contribution in [2.45, 2.75) is 44.1 Å². The number of amides is 1. The lowest BCUT2D eigenvalue weighted by atomic mass is 9.67. The molecule has 0 saturated carbocycles. The van der Waals surface area contributed by atoms with E-state index in [9.17, 15) is 4.79 Å². The van der Waals surface area contributed by atoms with Crippen LogP contribution in [-0.4, -0.2) is 36.7 Å². The van der Waals surface area contributed by atoms with Crippen LogP contribution >= 0.6 is 11.8 Å². The molecule has 1 aromatic carbocycles. The summed E-state index contributed by atoms with van der Waals surface area (Å²) < 4.78 is 5.92. The third kappa shape index (κ3) is 4.50. The molecule has 0 aliphatic carbocycles. The molecule has 0 aromatic heterocycles. The summed E-state index contributed by atoms with van der Waals surface area (Å²) in [5, 5.41) is 3.05. The van der Waals surface area contributed by atoms with Crippen molar-refractivity contribution in [2.24, 2.45) is 0 Å². The van der Waals surface area contributed by atoms with Gasteiger partial charge in [-0.2, -0.15) is 11.8 Å². The van der Waals surface area contributed by atoms with E-state index in [2.05, 4.69) is 49.5 Å². The molecule has 0 bridgehead atoms. The fraction of sp³-hybridized carbons (Fsp3) is 0.611. The van der Waals surface area contributed by atoms with Crippen LogP contribution in [0, 0.1) is 0 Å². The number of hydrogen-bond donors (Lipinski definition) is 1. The molecule has 122 valence electrons. The Bertz CT molecular complexity index is 489. The van der Waals surface area contributed by atoms with Gasteiger partial charge in [0, 0.05) is 18.6 Å². The van der Waals surface area contributed by atoms with Crippen molar-refractivity contribution in [2.75, 3.05) is 25.2 Å². The molecule has 1 saturated heterocycles. The molecular formula is C18H27NO2S. The lowest BCUT2D eigenvalue weighted by Gasteiger charge is -2.45. The average molecular weight is 321 g/mol. The van der Waals surface area contributed by atoms with Gasteiger partial charge in [-0.25, -0.2) is 0 Å². The molecular weight excluding hydrogens is 294 g/mol. The first-order chi connectivity index (χ1) is 10.5. The number of benzene rings is 1. The molecule has 3 nitrogen and oxygen atoms in total. The molecule has 22 heavy (non-hydrogen) atoms. The van der Waals surface area contributed by atoms with Gasteiger partial charge in [-0.1, -0.05) is 30.3 Å². The number of nitrogens with one attached hydrogen (secondary N) is 1. The zero-order chi connectivity index (χ0) is 16.1. The van der Waals surface area contributed by atoms with Crippen LogP contribution in [0.5, 0.6) is 0 Å². The van der Waals surface area contributed by atoms with E-state index in [1.54, 1.807) is 11.8 Å². The van der Waals surface area contributed by atoms with E-state index in [1.165, 1.54) is 5.56 Å². The monoisotopic (exact) mass is 321 g/mol. The number of thioether (sulfide) groups is 1. The quantitative estimate of drug-likeness (QED) is 0.873. The molecule has 1 fully saturated rings. The highest BCUT2D eigenvalue weighted by atomic mass is 32.2. The fourth-order valence-electron chi connectivity index (χ4n) is 3.50. The first-order valence-corrected chi connectivity index (χ1v) is 9.32. The molecule has 4 heteroatoms. The van der Waals surface area contributed by atoms with Crippen molar-refractivity contribution in [1.29, 1.82) is 0 Å². The number of rotatable bonds is 6. The molecule has 2 rings (SSSR count). The van der Waals surface area contributed by atoms with Crippen molar-refractivity contribution in [3.63, 3.8) is 0 Å². The van der Waals surface area contributed by atoms with Crippen molar-refractivity contribution >= 4 is 17.7 Å². The van der Waals surface area contributed by atoms with Gasteiger partial charge >= 0.3 is 0 Å². The van der Waals surface area contributed by atoms with E-state index in [-0.39, 0.29) is 16.9 Å². The summed E-state index contributed by atoms with van der Waals surface area (Å²) in [6.07, 6.45) is 4.91. The minimum Gasteiger partial charge on any atom is -0.376 e. The second-order valence-electron chi connectivity index (χ2n) is 6.71. The van der Waals surface area contributed by atoms with E-state index in [4.69, 9.17) is 4.74 Å². The summed E-state index contributed by atoms with van der Waals surface area (Å²) in [5.74, 6) is 0.662. The van der Waals surface area contributed by atoms with Crippen LogP contribution in [0.3, 0.4) is 0 Å². The van der Waals surface area contributed by atoms with Crippen molar-refractivity contribution < 1.29 is 9.53 Å². The first kappa shape index (κ1) is 17.4. The number of carbonyl (C=O) groups excluding carboxylic acids is 1. The lowest BCUT2D eigenvalue weighted by molar-refractivity contribution is -0.118. The third-order valence-electron chi connectivity index (χ3n) is 4.42. The van der Waals surface area contributed by atoms with E-state index < -0.39 is 0 Å². The van der Waals surface area contributed by atoms with Crippen LogP contribution in [-0.2, 0) is 14.9 Å². The predicted molar refractivity (Wildman–Crippen MR) is 93.4 cm³/mol. The molecule has 1 aliphatic heterocycles. The Morgan fingerprint density at radius 2 is 2.05 bits per heavy atom. The number of hydrogen-bond acceptors (Lipinski definition) is 3. The van der Waals surface area contributed by atoms with Gasteiger partial charge in [-0.05, 0) is 44.9 Å². The maximum absolute atomic E-state index is 11.7. The second kappa shape index (κ2) is 7.51. The Morgan fingerprint density at radius 1 is 1.32 bits per heavy atom. The van der Waals surface area contributed by atoms with E-state index in [1.807, 2.05) is 6.26 Å². The summed E-state index contributed by atoms with van der Waals surface area (Å²) in [6, 6.07) is 10.7. The molecule has 0 radical (unpaired) electrons. The summed E-state index contributed by atoms with van der Waals surface area (Å²) >= 11 is 1.56. The van der Waals surface area contributed by atoms with Gasteiger partial charge in [-0.15, -0.1) is 0 Å². The lowest BCUT2D eigenvalue weighted by Crippen LogP contribution is -2.45. The van der Waals surface area contributed by atoms with Gasteiger partial charge < -0.3 is 10.1 Å². The molecule has 1 heterocycles. The summed E-state index contributed by atoms with van der Waals surface area (Å²) in [6.45, 7) is 5.83. The molecule has 1 aromatic rings. The van der Waals surface area contributed by atoms with Crippen LogP contribution in [0.2, 0.25) is 0 Å². The van der Waals surface area contributed by atoms with Crippen LogP contribution in [0.4, 0.5) is 0 Å². The SMILES string of the molecule is CSCC(=O)NCCC1(c2ccccc2)CCOC(C)(C)C1. The van der Waals surface area contributed by atoms with Gasteiger partial charge in [-0.3, -0.25) is 4.79 Å². The maximum Gasteiger partial charge on any atom is 0.229 e. The first-order valence-electron chi connectivity index (χ1n) is 7.93. The number of ether oxygens (including phenoxy) is 1. The normalized spacial score (nSPS) is 24.0. The molecule has 1 N–H and O–H groups in total. The second-order valence-corrected chi connectivity index (χ2v) is 7.58. The van der Waals surface area contributed by atoms with E-state index in [0.717, 1.165) is 32.4 Å². The van der Waals surface area contributed by atoms with Crippen molar-refractivity contribution in [3.05, 3.63) is 35.9 Å². The Kier molecular flexibility index (Phi) is 5.93. The average Bonchev–Trinajstić information content (AvgIpc) is 2.47. The third-order valence-corrected chi connectivity index (χ3v) is 4.98. The topological polar surface area (TPSA) is 38.3 Å². The maximum atomic E-state index is 11.7. The Balaban J connectivity index is 2.11. The van der Waals surface area contributed by atoms with Gasteiger partial charge in [0.05, 0.1) is 11.4 Å². The zero-order valence-corrected chi connectivity index (χ0v) is 14.7. The Morgan fingerprint density at radius 3 is 2.68 bits per heavy atom. The largest absolute Gasteiger partial charge is 0.376 e. The Hall–Kier alpha value is -1.00. The zero-order valence-electron chi connectivity index (χ0n) is 13.9. The minimum atomic E-state index is -0.114. The summed E-state index contributed by atoms with van der Waals surface area (Å²) in [5.41, 5.74) is 1.35. The molecule has 1 aliphatic rings. The van der Waals surface area contributed by atoms with Crippen LogP contribution in [0.1, 0.15) is 38.7 Å². The Labute approximate surface area is 138 Å². The van der Waals surface area contributed by atoms with Gasteiger partial charge in [0.2, 0.25) is 5.91 Å². The van der Waals surface area contributed by atoms with Crippen LogP contribution in [0.15, 0.2) is 30.3 Å². The molecule has 1 atom stereocenters. The number of carbonyl (C=O) groups is 1. The van der Waals surface area contributed by atoms with E-state index in [0.29, 0.717) is 5.75 Å².